The molecule has 184 valence electrons. The number of ketones is 1. The fraction of sp³-hybridized carbons (Fsp3) is 0.346. The molecule has 1 fully saturated rings. The number of esters is 1. The van der Waals surface area contributed by atoms with Crippen molar-refractivity contribution in [3.8, 4) is 5.75 Å². The first-order valence-electron chi connectivity index (χ1n) is 11.5. The molecular weight excluding hydrogens is 448 g/mol. The second-order valence-corrected chi connectivity index (χ2v) is 8.56. The molecule has 0 saturated carbocycles. The Kier molecular flexibility index (Phi) is 7.36. The summed E-state index contributed by atoms with van der Waals surface area (Å²) in [6.45, 7) is 5.04. The van der Waals surface area contributed by atoms with E-state index in [0.29, 0.717) is 29.1 Å². The highest BCUT2D eigenvalue weighted by Crippen LogP contribution is 2.30. The molecule has 0 spiro atoms. The van der Waals surface area contributed by atoms with E-state index in [-0.39, 0.29) is 11.8 Å². The number of carbonyl (C=O) groups is 3. The average molecular weight is 479 g/mol. The molecule has 9 nitrogen and oxygen atoms in total. The summed E-state index contributed by atoms with van der Waals surface area (Å²) in [6, 6.07) is 13.9. The Morgan fingerprint density at radius 2 is 1.74 bits per heavy atom. The van der Waals surface area contributed by atoms with Crippen LogP contribution in [0.1, 0.15) is 28.9 Å². The van der Waals surface area contributed by atoms with Gasteiger partial charge in [0.25, 0.3) is 0 Å². The van der Waals surface area contributed by atoms with Crippen LogP contribution in [-0.4, -0.2) is 69.6 Å². The predicted octanol–water partition coefficient (Wildman–Crippen LogP) is 2.50. The molecule has 2 heterocycles. The van der Waals surface area contributed by atoms with Crippen LogP contribution in [0, 0.1) is 0 Å². The molecule has 2 aromatic carbocycles. The largest absolute Gasteiger partial charge is 0.497 e. The average Bonchev–Trinajstić information content (AvgIpc) is 2.88. The highest BCUT2D eigenvalue weighted by molar-refractivity contribution is 5.95. The molecule has 1 unspecified atom stereocenters. The second-order valence-electron chi connectivity index (χ2n) is 8.56. The van der Waals surface area contributed by atoms with E-state index in [0.717, 1.165) is 37.4 Å². The summed E-state index contributed by atoms with van der Waals surface area (Å²) >= 11 is 0. The lowest BCUT2D eigenvalue weighted by atomic mass is 9.94. The van der Waals surface area contributed by atoms with Gasteiger partial charge in [-0.05, 0) is 48.9 Å². The molecular formula is C26H30N4O5. The van der Waals surface area contributed by atoms with Crippen LogP contribution in [-0.2, 0) is 9.53 Å². The van der Waals surface area contributed by atoms with Gasteiger partial charge in [-0.2, -0.15) is 0 Å². The van der Waals surface area contributed by atoms with Crippen LogP contribution in [0.25, 0.3) is 0 Å². The Labute approximate surface area is 204 Å². The van der Waals surface area contributed by atoms with E-state index < -0.39 is 12.0 Å². The van der Waals surface area contributed by atoms with Crippen molar-refractivity contribution in [2.24, 2.45) is 0 Å². The number of methoxy groups -OCH3 is 2. The van der Waals surface area contributed by atoms with Crippen molar-refractivity contribution in [1.29, 1.82) is 0 Å². The number of hydrogen-bond donors (Lipinski definition) is 2. The Balaban J connectivity index is 1.52. The normalized spacial score (nSPS) is 18.5. The van der Waals surface area contributed by atoms with Gasteiger partial charge in [0, 0.05) is 49.7 Å². The monoisotopic (exact) mass is 478 g/mol. The first-order valence-corrected chi connectivity index (χ1v) is 11.5. The maximum absolute atomic E-state index is 12.8. The summed E-state index contributed by atoms with van der Waals surface area (Å²) in [7, 11) is 2.90. The van der Waals surface area contributed by atoms with E-state index in [4.69, 9.17) is 9.47 Å². The molecule has 2 amide bonds. The number of nitrogens with zero attached hydrogens (tertiary/aromatic N) is 2. The van der Waals surface area contributed by atoms with E-state index >= 15 is 0 Å². The number of benzene rings is 2. The number of rotatable bonds is 7. The minimum Gasteiger partial charge on any atom is -0.497 e. The minimum absolute atomic E-state index is 0.0484. The molecule has 9 heteroatoms. The third-order valence-corrected chi connectivity index (χ3v) is 6.38. The number of carbonyl (C=O) groups excluding carboxylic acids is 3. The summed E-state index contributed by atoms with van der Waals surface area (Å²) in [5.41, 5.74) is 3.41. The molecule has 0 radical (unpaired) electrons. The molecule has 35 heavy (non-hydrogen) atoms. The molecule has 0 aliphatic carbocycles. The summed E-state index contributed by atoms with van der Waals surface area (Å²) in [4.78, 5) is 41.3. The Morgan fingerprint density at radius 1 is 1.03 bits per heavy atom. The highest BCUT2D eigenvalue weighted by Gasteiger charge is 2.34. The van der Waals surface area contributed by atoms with Crippen molar-refractivity contribution in [2.75, 3.05) is 51.8 Å². The molecule has 2 aromatic rings. The maximum Gasteiger partial charge on any atom is 0.338 e. The Morgan fingerprint density at radius 3 is 2.37 bits per heavy atom. The molecule has 0 bridgehead atoms. The predicted molar refractivity (Wildman–Crippen MR) is 132 cm³/mol. The molecule has 2 aliphatic heterocycles. The number of amides is 2. The van der Waals surface area contributed by atoms with E-state index in [1.54, 1.807) is 20.1 Å². The van der Waals surface area contributed by atoms with Gasteiger partial charge in [0.2, 0.25) is 0 Å². The minimum atomic E-state index is -0.651. The van der Waals surface area contributed by atoms with Crippen molar-refractivity contribution >= 4 is 23.5 Å². The first-order chi connectivity index (χ1) is 16.9. The number of urea groups is 1. The van der Waals surface area contributed by atoms with E-state index in [1.165, 1.54) is 7.11 Å². The third kappa shape index (κ3) is 5.46. The lowest BCUT2D eigenvalue weighted by Gasteiger charge is -2.38. The highest BCUT2D eigenvalue weighted by atomic mass is 16.5. The van der Waals surface area contributed by atoms with Crippen LogP contribution < -0.4 is 20.3 Å². The van der Waals surface area contributed by atoms with Crippen molar-refractivity contribution in [1.82, 2.24) is 15.5 Å². The standard InChI is InChI=1S/C26H30N4O5/c1-17(31)18-7-9-20(10-8-18)30-13-11-29(12-14-30)16-22-23(25(32)35-3)24(28-26(33)27-22)19-5-4-6-21(15-19)34-2/h4-10,15,24H,11-14,16H2,1-3H3,(H2,27,28,33). The van der Waals surface area contributed by atoms with Gasteiger partial charge in [-0.15, -0.1) is 0 Å². The van der Waals surface area contributed by atoms with Gasteiger partial charge in [0.05, 0.1) is 25.8 Å². The van der Waals surface area contributed by atoms with E-state index in [1.807, 2.05) is 42.5 Å². The van der Waals surface area contributed by atoms with Gasteiger partial charge < -0.3 is 25.0 Å². The van der Waals surface area contributed by atoms with Gasteiger partial charge in [-0.25, -0.2) is 9.59 Å². The van der Waals surface area contributed by atoms with Crippen LogP contribution in [0.5, 0.6) is 5.75 Å². The smallest absolute Gasteiger partial charge is 0.338 e. The van der Waals surface area contributed by atoms with Crippen LogP contribution in [0.2, 0.25) is 0 Å². The Bertz CT molecular complexity index is 1140. The maximum atomic E-state index is 12.8. The Hall–Kier alpha value is -3.85. The molecule has 2 aliphatic rings. The summed E-state index contributed by atoms with van der Waals surface area (Å²) in [6.07, 6.45) is 0. The summed E-state index contributed by atoms with van der Waals surface area (Å²) < 4.78 is 10.4. The number of piperazine rings is 1. The SMILES string of the molecule is COC(=O)C1=C(CN2CCN(c3ccc(C(C)=O)cc3)CC2)NC(=O)NC1c1cccc(OC)c1. The van der Waals surface area contributed by atoms with Crippen molar-refractivity contribution in [3.63, 3.8) is 0 Å². The second kappa shape index (κ2) is 10.6. The fourth-order valence-corrected chi connectivity index (χ4v) is 4.46. The molecule has 2 N–H and O–H groups in total. The van der Waals surface area contributed by atoms with Crippen molar-refractivity contribution in [2.45, 2.75) is 13.0 Å². The van der Waals surface area contributed by atoms with Crippen LogP contribution in [0.4, 0.5) is 10.5 Å². The van der Waals surface area contributed by atoms with Crippen LogP contribution in [0.15, 0.2) is 59.8 Å². The van der Waals surface area contributed by atoms with Crippen LogP contribution >= 0.6 is 0 Å². The van der Waals surface area contributed by atoms with Gasteiger partial charge >= 0.3 is 12.0 Å². The van der Waals surface area contributed by atoms with Crippen molar-refractivity contribution < 1.29 is 23.9 Å². The third-order valence-electron chi connectivity index (χ3n) is 6.38. The lowest BCUT2D eigenvalue weighted by Crippen LogP contribution is -2.51. The molecule has 0 aromatic heterocycles. The first kappa shape index (κ1) is 24.3. The van der Waals surface area contributed by atoms with E-state index in [9.17, 15) is 14.4 Å². The van der Waals surface area contributed by atoms with Crippen molar-refractivity contribution in [3.05, 3.63) is 70.9 Å². The number of anilines is 1. The zero-order valence-corrected chi connectivity index (χ0v) is 20.2. The number of nitrogens with one attached hydrogen (secondary N) is 2. The van der Waals surface area contributed by atoms with Crippen LogP contribution in [0.3, 0.4) is 0 Å². The molecule has 1 atom stereocenters. The topological polar surface area (TPSA) is 100 Å². The summed E-state index contributed by atoms with van der Waals surface area (Å²) in [5, 5.41) is 5.67. The van der Waals surface area contributed by atoms with Gasteiger partial charge in [0.15, 0.2) is 5.78 Å². The molecule has 1 saturated heterocycles. The zero-order valence-electron chi connectivity index (χ0n) is 20.2. The van der Waals surface area contributed by atoms with Gasteiger partial charge in [-0.1, -0.05) is 12.1 Å². The van der Waals surface area contributed by atoms with E-state index in [2.05, 4.69) is 20.4 Å². The zero-order chi connectivity index (χ0) is 24.9. The number of ether oxygens (including phenoxy) is 2. The van der Waals surface area contributed by atoms with Gasteiger partial charge in [-0.3, -0.25) is 9.69 Å². The van der Waals surface area contributed by atoms with Gasteiger partial charge in [0.1, 0.15) is 5.75 Å². The molecule has 4 rings (SSSR count). The number of hydrogen-bond acceptors (Lipinski definition) is 7. The quantitative estimate of drug-likeness (QED) is 0.466. The lowest BCUT2D eigenvalue weighted by molar-refractivity contribution is -0.136. The summed E-state index contributed by atoms with van der Waals surface area (Å²) in [5.74, 6) is 0.186. The fourth-order valence-electron chi connectivity index (χ4n) is 4.46. The number of Topliss-reactive ketones (excluding diaryl/α,β-unsaturated/α-hetero) is 1.